The second kappa shape index (κ2) is 12.1. The van der Waals surface area contributed by atoms with Gasteiger partial charge in [0.2, 0.25) is 0 Å². The Labute approximate surface area is 196 Å². The van der Waals surface area contributed by atoms with Gasteiger partial charge in [-0.3, -0.25) is 4.99 Å². The van der Waals surface area contributed by atoms with Gasteiger partial charge in [0.15, 0.2) is 5.96 Å². The first kappa shape index (κ1) is 24.4. The molecular weight excluding hydrogens is 494 g/mol. The highest BCUT2D eigenvalue weighted by molar-refractivity contribution is 14.0. The van der Waals surface area contributed by atoms with Crippen LogP contribution in [0.3, 0.4) is 0 Å². The molecule has 5 nitrogen and oxygen atoms in total. The second-order valence-corrected chi connectivity index (χ2v) is 7.44. The van der Waals surface area contributed by atoms with E-state index < -0.39 is 0 Å². The van der Waals surface area contributed by atoms with Crippen molar-refractivity contribution in [1.82, 2.24) is 10.6 Å². The number of guanidine groups is 1. The number of anilines is 1. The van der Waals surface area contributed by atoms with Crippen molar-refractivity contribution in [2.24, 2.45) is 4.99 Å². The fraction of sp³-hybridized carbons (Fsp3) is 0.435. The summed E-state index contributed by atoms with van der Waals surface area (Å²) in [6, 6.07) is 13.9. The van der Waals surface area contributed by atoms with Crippen molar-refractivity contribution in [3.8, 4) is 0 Å². The summed E-state index contributed by atoms with van der Waals surface area (Å²) in [4.78, 5) is 6.77. The number of methoxy groups -OCH3 is 1. The van der Waals surface area contributed by atoms with Crippen LogP contribution >= 0.6 is 24.0 Å². The molecule has 1 fully saturated rings. The lowest BCUT2D eigenvalue weighted by atomic mass is 10.1. The van der Waals surface area contributed by atoms with Crippen LogP contribution in [0.2, 0.25) is 0 Å². The number of benzene rings is 2. The molecule has 1 aliphatic rings. The van der Waals surface area contributed by atoms with Crippen LogP contribution in [0.15, 0.2) is 47.5 Å². The van der Waals surface area contributed by atoms with Gasteiger partial charge in [0.1, 0.15) is 5.82 Å². The van der Waals surface area contributed by atoms with Gasteiger partial charge in [0.05, 0.1) is 12.6 Å². The lowest BCUT2D eigenvalue weighted by Crippen LogP contribution is -2.38. The maximum atomic E-state index is 13.8. The van der Waals surface area contributed by atoms with Gasteiger partial charge in [-0.25, -0.2) is 4.39 Å². The van der Waals surface area contributed by atoms with Crippen molar-refractivity contribution in [3.05, 3.63) is 65.0 Å². The van der Waals surface area contributed by atoms with Gasteiger partial charge in [-0.2, -0.15) is 0 Å². The quantitative estimate of drug-likeness (QED) is 0.314. The number of ether oxygens (including phenoxy) is 1. The van der Waals surface area contributed by atoms with Crippen LogP contribution in [0.25, 0.3) is 0 Å². The number of nitrogens with zero attached hydrogens (tertiary/aromatic N) is 2. The summed E-state index contributed by atoms with van der Waals surface area (Å²) in [7, 11) is 3.32. The third-order valence-corrected chi connectivity index (χ3v) is 5.29. The van der Waals surface area contributed by atoms with Gasteiger partial charge in [-0.05, 0) is 55.2 Å². The van der Waals surface area contributed by atoms with Gasteiger partial charge < -0.3 is 20.3 Å². The number of hydrogen-bond acceptors (Lipinski definition) is 3. The SMILES string of the molecule is CN=C(NCc1ccc(F)c(COC)c1)NC(C)c1cccc(N2CCCC2)c1.I. The third kappa shape index (κ3) is 6.57. The van der Waals surface area contributed by atoms with E-state index in [-0.39, 0.29) is 42.4 Å². The zero-order valence-corrected chi connectivity index (χ0v) is 20.3. The summed E-state index contributed by atoms with van der Waals surface area (Å²) in [5.41, 5.74) is 4.04. The Hall–Kier alpha value is -1.87. The lowest BCUT2D eigenvalue weighted by Gasteiger charge is -2.22. The van der Waals surface area contributed by atoms with Crippen LogP contribution in [0.5, 0.6) is 0 Å². The maximum absolute atomic E-state index is 13.8. The van der Waals surface area contributed by atoms with Crippen LogP contribution in [0, 0.1) is 5.82 Å². The molecule has 0 aliphatic carbocycles. The molecule has 1 atom stereocenters. The number of nitrogens with one attached hydrogen (secondary N) is 2. The van der Waals surface area contributed by atoms with Crippen LogP contribution in [0.4, 0.5) is 10.1 Å². The molecule has 164 valence electrons. The minimum Gasteiger partial charge on any atom is -0.380 e. The number of aliphatic imine (C=N–C) groups is 1. The highest BCUT2D eigenvalue weighted by Gasteiger charge is 2.14. The summed E-state index contributed by atoms with van der Waals surface area (Å²) in [6.45, 7) is 5.22. The molecule has 2 aromatic rings. The summed E-state index contributed by atoms with van der Waals surface area (Å²) in [5.74, 6) is 0.464. The summed E-state index contributed by atoms with van der Waals surface area (Å²) < 4.78 is 18.8. The average Bonchev–Trinajstić information content (AvgIpc) is 3.28. The molecule has 0 radical (unpaired) electrons. The van der Waals surface area contributed by atoms with E-state index >= 15 is 0 Å². The molecule has 1 saturated heterocycles. The molecule has 2 aromatic carbocycles. The normalized spacial score (nSPS) is 14.9. The zero-order valence-electron chi connectivity index (χ0n) is 18.0. The van der Waals surface area contributed by atoms with Gasteiger partial charge in [-0.15, -0.1) is 24.0 Å². The van der Waals surface area contributed by atoms with E-state index in [1.165, 1.54) is 30.2 Å². The summed E-state index contributed by atoms with van der Waals surface area (Å²) in [6.07, 6.45) is 2.54. The number of halogens is 2. The van der Waals surface area contributed by atoms with Gasteiger partial charge in [0.25, 0.3) is 0 Å². The molecule has 0 spiro atoms. The lowest BCUT2D eigenvalue weighted by molar-refractivity contribution is 0.181. The summed E-state index contributed by atoms with van der Waals surface area (Å²) >= 11 is 0. The fourth-order valence-electron chi connectivity index (χ4n) is 3.64. The Kier molecular flexibility index (Phi) is 9.84. The number of rotatable bonds is 7. The molecule has 3 rings (SSSR count). The highest BCUT2D eigenvalue weighted by Crippen LogP contribution is 2.24. The van der Waals surface area contributed by atoms with Crippen LogP contribution in [-0.4, -0.2) is 33.2 Å². The van der Waals surface area contributed by atoms with Crippen molar-refractivity contribution in [3.63, 3.8) is 0 Å². The van der Waals surface area contributed by atoms with Crippen molar-refractivity contribution in [2.45, 2.75) is 39.0 Å². The molecule has 0 amide bonds. The topological polar surface area (TPSA) is 48.9 Å². The predicted octanol–water partition coefficient (Wildman–Crippen LogP) is 4.62. The highest BCUT2D eigenvalue weighted by atomic mass is 127. The van der Waals surface area contributed by atoms with E-state index in [4.69, 9.17) is 4.74 Å². The largest absolute Gasteiger partial charge is 0.380 e. The first-order chi connectivity index (χ1) is 14.1. The minimum absolute atomic E-state index is 0. The molecule has 0 bridgehead atoms. The van der Waals surface area contributed by atoms with Crippen molar-refractivity contribution < 1.29 is 9.13 Å². The Bertz CT molecular complexity index is 840. The Morgan fingerprint density at radius 1 is 1.20 bits per heavy atom. The average molecular weight is 526 g/mol. The standard InChI is InChI=1S/C23H31FN4O.HI/c1-17(19-7-6-8-21(14-19)28-11-4-5-12-28)27-23(25-2)26-15-18-9-10-22(24)20(13-18)16-29-3;/h6-10,13-14,17H,4-5,11-12,15-16H2,1-3H3,(H2,25,26,27);1H. The van der Waals surface area contributed by atoms with Gasteiger partial charge in [0, 0.05) is 45.0 Å². The molecule has 1 heterocycles. The maximum Gasteiger partial charge on any atom is 0.191 e. The molecule has 0 saturated carbocycles. The smallest absolute Gasteiger partial charge is 0.191 e. The van der Waals surface area contributed by atoms with E-state index in [0.717, 1.165) is 18.7 Å². The van der Waals surface area contributed by atoms with Crippen molar-refractivity contribution in [1.29, 1.82) is 0 Å². The summed E-state index contributed by atoms with van der Waals surface area (Å²) in [5, 5.41) is 6.75. The first-order valence-electron chi connectivity index (χ1n) is 10.2. The van der Waals surface area contributed by atoms with Gasteiger partial charge in [-0.1, -0.05) is 18.2 Å². The number of hydrogen-bond donors (Lipinski definition) is 2. The first-order valence-corrected chi connectivity index (χ1v) is 10.2. The Balaban J connectivity index is 0.00000320. The van der Waals surface area contributed by atoms with E-state index in [9.17, 15) is 4.39 Å². The van der Waals surface area contributed by atoms with E-state index in [1.807, 2.05) is 6.07 Å². The third-order valence-electron chi connectivity index (χ3n) is 5.29. The molecule has 30 heavy (non-hydrogen) atoms. The van der Waals surface area contributed by atoms with Crippen LogP contribution in [-0.2, 0) is 17.9 Å². The predicted molar refractivity (Wildman–Crippen MR) is 132 cm³/mol. The molecule has 7 heteroatoms. The molecule has 0 aromatic heterocycles. The van der Waals surface area contributed by atoms with Crippen LogP contribution < -0.4 is 15.5 Å². The fourth-order valence-corrected chi connectivity index (χ4v) is 3.64. The van der Waals surface area contributed by atoms with Crippen LogP contribution in [0.1, 0.15) is 42.5 Å². The van der Waals surface area contributed by atoms with Crippen molar-refractivity contribution >= 4 is 35.6 Å². The monoisotopic (exact) mass is 526 g/mol. The minimum atomic E-state index is -0.246. The zero-order chi connectivity index (χ0) is 20.6. The molecule has 1 unspecified atom stereocenters. The van der Waals surface area contributed by atoms with E-state index in [2.05, 4.69) is 51.7 Å². The second-order valence-electron chi connectivity index (χ2n) is 7.44. The van der Waals surface area contributed by atoms with E-state index in [0.29, 0.717) is 18.1 Å². The Morgan fingerprint density at radius 3 is 2.67 bits per heavy atom. The molecular formula is C23H32FIN4O. The molecule has 1 aliphatic heterocycles. The van der Waals surface area contributed by atoms with E-state index in [1.54, 1.807) is 20.2 Å². The Morgan fingerprint density at radius 2 is 1.97 bits per heavy atom. The molecule has 2 N–H and O–H groups in total. The van der Waals surface area contributed by atoms with Crippen molar-refractivity contribution in [2.75, 3.05) is 32.1 Å². The van der Waals surface area contributed by atoms with Gasteiger partial charge >= 0.3 is 0 Å².